The molecular formula is C10H17N3O2. The molecular weight excluding hydrogens is 194 g/mol. The van der Waals surface area contributed by atoms with Crippen LogP contribution in [0.1, 0.15) is 26.0 Å². The molecule has 2 atom stereocenters. The maximum absolute atomic E-state index is 11.5. The maximum atomic E-state index is 11.5. The van der Waals surface area contributed by atoms with Crippen molar-refractivity contribution in [3.8, 4) is 0 Å². The van der Waals surface area contributed by atoms with Crippen molar-refractivity contribution in [2.45, 2.75) is 38.8 Å². The molecule has 0 spiro atoms. The molecule has 0 radical (unpaired) electrons. The van der Waals surface area contributed by atoms with Crippen LogP contribution in [0.5, 0.6) is 0 Å². The number of nitrogens with zero attached hydrogens (tertiary/aromatic N) is 1. The first-order chi connectivity index (χ1) is 7.13. The smallest absolute Gasteiger partial charge is 0.323 e. The second kappa shape index (κ2) is 5.50. The second-order valence-corrected chi connectivity index (χ2v) is 3.54. The van der Waals surface area contributed by atoms with Crippen molar-refractivity contribution in [2.24, 2.45) is 5.73 Å². The quantitative estimate of drug-likeness (QED) is 0.700. The van der Waals surface area contributed by atoms with Gasteiger partial charge in [0.05, 0.1) is 12.4 Å². The molecule has 1 aromatic heterocycles. The van der Waals surface area contributed by atoms with Crippen LogP contribution >= 0.6 is 0 Å². The molecule has 0 aliphatic heterocycles. The highest BCUT2D eigenvalue weighted by Gasteiger charge is 2.18. The van der Waals surface area contributed by atoms with E-state index in [2.05, 4.69) is 9.97 Å². The van der Waals surface area contributed by atoms with Crippen molar-refractivity contribution in [3.63, 3.8) is 0 Å². The number of carbonyl (C=O) groups excluding carboxylic acids is 1. The highest BCUT2D eigenvalue weighted by molar-refractivity contribution is 5.75. The van der Waals surface area contributed by atoms with E-state index < -0.39 is 6.04 Å². The van der Waals surface area contributed by atoms with Gasteiger partial charge in [-0.15, -0.1) is 0 Å². The first kappa shape index (κ1) is 11.7. The number of carbonyl (C=O) groups is 1. The Morgan fingerprint density at radius 3 is 3.00 bits per heavy atom. The summed E-state index contributed by atoms with van der Waals surface area (Å²) < 4.78 is 5.11. The number of H-pyrrole nitrogens is 1. The summed E-state index contributed by atoms with van der Waals surface area (Å²) in [6.45, 7) is 3.80. The van der Waals surface area contributed by atoms with E-state index >= 15 is 0 Å². The fraction of sp³-hybridized carbons (Fsp3) is 0.600. The second-order valence-electron chi connectivity index (χ2n) is 3.54. The Bertz CT molecular complexity index is 298. The Balaban J connectivity index is 2.40. The maximum Gasteiger partial charge on any atom is 0.323 e. The summed E-state index contributed by atoms with van der Waals surface area (Å²) in [5.74, 6) is -0.362. The predicted octanol–water partition coefficient (Wildman–Crippen LogP) is 0.621. The zero-order chi connectivity index (χ0) is 11.3. The molecule has 1 aromatic rings. The van der Waals surface area contributed by atoms with Gasteiger partial charge in [-0.3, -0.25) is 4.79 Å². The van der Waals surface area contributed by atoms with Gasteiger partial charge >= 0.3 is 5.97 Å². The van der Waals surface area contributed by atoms with Crippen molar-refractivity contribution in [3.05, 3.63) is 18.2 Å². The average molecular weight is 211 g/mol. The minimum absolute atomic E-state index is 0.0784. The number of esters is 1. The molecule has 0 fully saturated rings. The van der Waals surface area contributed by atoms with Gasteiger partial charge in [-0.25, -0.2) is 4.98 Å². The van der Waals surface area contributed by atoms with Crippen LogP contribution < -0.4 is 5.73 Å². The zero-order valence-corrected chi connectivity index (χ0v) is 9.06. The lowest BCUT2D eigenvalue weighted by atomic mass is 10.2. The predicted molar refractivity (Wildman–Crippen MR) is 56.1 cm³/mol. The summed E-state index contributed by atoms with van der Waals surface area (Å²) in [6, 6.07) is -0.626. The molecule has 15 heavy (non-hydrogen) atoms. The van der Waals surface area contributed by atoms with Crippen molar-refractivity contribution < 1.29 is 9.53 Å². The van der Waals surface area contributed by atoms with E-state index in [4.69, 9.17) is 10.5 Å². The molecule has 0 saturated carbocycles. The standard InChI is InChI=1S/C10H17N3O2/c1-3-7(2)15-10(14)9(11)4-8-5-12-6-13-8/h5-7,9H,3-4,11H2,1-2H3,(H,12,13)/t7?,9-/m1/s1. The molecule has 0 aliphatic rings. The summed E-state index contributed by atoms with van der Waals surface area (Å²) in [6.07, 6.45) is 4.35. The molecule has 0 amide bonds. The Morgan fingerprint density at radius 1 is 1.73 bits per heavy atom. The van der Waals surface area contributed by atoms with Crippen LogP contribution in [0.3, 0.4) is 0 Å². The van der Waals surface area contributed by atoms with Crippen LogP contribution in [0.25, 0.3) is 0 Å². The fourth-order valence-corrected chi connectivity index (χ4v) is 1.09. The van der Waals surface area contributed by atoms with Crippen LogP contribution in [0.4, 0.5) is 0 Å². The first-order valence-corrected chi connectivity index (χ1v) is 5.06. The minimum atomic E-state index is -0.626. The van der Waals surface area contributed by atoms with Crippen LogP contribution in [0.2, 0.25) is 0 Å². The number of rotatable bonds is 5. The number of nitrogens with one attached hydrogen (secondary N) is 1. The lowest BCUT2D eigenvalue weighted by molar-refractivity contribution is -0.149. The molecule has 5 heteroatoms. The normalized spacial score (nSPS) is 14.6. The largest absolute Gasteiger partial charge is 0.462 e. The molecule has 0 aromatic carbocycles. The van der Waals surface area contributed by atoms with Gasteiger partial charge in [-0.05, 0) is 13.3 Å². The van der Waals surface area contributed by atoms with Crippen LogP contribution in [-0.4, -0.2) is 28.1 Å². The molecule has 1 rings (SSSR count). The van der Waals surface area contributed by atoms with Gasteiger partial charge in [-0.2, -0.15) is 0 Å². The third-order valence-electron chi connectivity index (χ3n) is 2.19. The summed E-state index contributed by atoms with van der Waals surface area (Å²) in [5, 5.41) is 0. The molecule has 1 heterocycles. The Morgan fingerprint density at radius 2 is 2.47 bits per heavy atom. The lowest BCUT2D eigenvalue weighted by Gasteiger charge is -2.14. The summed E-state index contributed by atoms with van der Waals surface area (Å²) in [4.78, 5) is 18.2. The third kappa shape index (κ3) is 3.71. The molecule has 1 unspecified atom stereocenters. The van der Waals surface area contributed by atoms with Crippen molar-refractivity contribution >= 4 is 5.97 Å². The molecule has 0 bridgehead atoms. The van der Waals surface area contributed by atoms with E-state index in [1.54, 1.807) is 12.5 Å². The van der Waals surface area contributed by atoms with Gasteiger partial charge in [0, 0.05) is 18.3 Å². The van der Waals surface area contributed by atoms with Crippen molar-refractivity contribution in [2.75, 3.05) is 0 Å². The Labute approximate surface area is 89.0 Å². The van der Waals surface area contributed by atoms with Gasteiger partial charge in [0.2, 0.25) is 0 Å². The van der Waals surface area contributed by atoms with E-state index in [-0.39, 0.29) is 12.1 Å². The summed E-state index contributed by atoms with van der Waals surface area (Å²) in [5.41, 5.74) is 6.53. The van der Waals surface area contributed by atoms with Gasteiger partial charge in [0.15, 0.2) is 0 Å². The molecule has 5 nitrogen and oxygen atoms in total. The monoisotopic (exact) mass is 211 g/mol. The van der Waals surface area contributed by atoms with E-state index in [9.17, 15) is 4.79 Å². The number of nitrogens with two attached hydrogens (primary N) is 1. The van der Waals surface area contributed by atoms with Crippen molar-refractivity contribution in [1.82, 2.24) is 9.97 Å². The minimum Gasteiger partial charge on any atom is -0.462 e. The zero-order valence-electron chi connectivity index (χ0n) is 9.06. The molecule has 0 saturated heterocycles. The number of ether oxygens (including phenoxy) is 1. The highest BCUT2D eigenvalue weighted by atomic mass is 16.5. The van der Waals surface area contributed by atoms with Gasteiger partial charge in [0.25, 0.3) is 0 Å². The van der Waals surface area contributed by atoms with Crippen LogP contribution in [0.15, 0.2) is 12.5 Å². The molecule has 3 N–H and O–H groups in total. The summed E-state index contributed by atoms with van der Waals surface area (Å²) >= 11 is 0. The van der Waals surface area contributed by atoms with Crippen LogP contribution in [-0.2, 0) is 16.0 Å². The van der Waals surface area contributed by atoms with E-state index in [0.29, 0.717) is 6.42 Å². The van der Waals surface area contributed by atoms with Gasteiger partial charge in [0.1, 0.15) is 6.04 Å². The number of hydrogen-bond donors (Lipinski definition) is 2. The molecule has 84 valence electrons. The SMILES string of the molecule is CCC(C)OC(=O)[C@H](N)Cc1cnc[nH]1. The lowest BCUT2D eigenvalue weighted by Crippen LogP contribution is -2.36. The third-order valence-corrected chi connectivity index (χ3v) is 2.19. The number of imidazole rings is 1. The fourth-order valence-electron chi connectivity index (χ4n) is 1.09. The average Bonchev–Trinajstić information content (AvgIpc) is 2.70. The molecule has 0 aliphatic carbocycles. The number of hydrogen-bond acceptors (Lipinski definition) is 4. The first-order valence-electron chi connectivity index (χ1n) is 5.06. The van der Waals surface area contributed by atoms with E-state index in [0.717, 1.165) is 12.1 Å². The Kier molecular flexibility index (Phi) is 4.30. The number of aromatic nitrogens is 2. The van der Waals surface area contributed by atoms with Crippen LogP contribution in [0, 0.1) is 0 Å². The number of aromatic amines is 1. The topological polar surface area (TPSA) is 81.0 Å². The Hall–Kier alpha value is -1.36. The van der Waals surface area contributed by atoms with Gasteiger partial charge < -0.3 is 15.5 Å². The van der Waals surface area contributed by atoms with E-state index in [1.165, 1.54) is 0 Å². The van der Waals surface area contributed by atoms with Gasteiger partial charge in [-0.1, -0.05) is 6.92 Å². The summed E-state index contributed by atoms with van der Waals surface area (Å²) in [7, 11) is 0. The van der Waals surface area contributed by atoms with E-state index in [1.807, 2.05) is 13.8 Å². The highest BCUT2D eigenvalue weighted by Crippen LogP contribution is 2.02. The van der Waals surface area contributed by atoms with Crippen molar-refractivity contribution in [1.29, 1.82) is 0 Å².